The summed E-state index contributed by atoms with van der Waals surface area (Å²) in [6.45, 7) is 4.69. The van der Waals surface area contributed by atoms with Crippen LogP contribution in [0.3, 0.4) is 0 Å². The number of ketones is 1. The lowest BCUT2D eigenvalue weighted by molar-refractivity contribution is -0.388. The number of rotatable bonds is 10. The first kappa shape index (κ1) is 23.1. The van der Waals surface area contributed by atoms with E-state index in [0.717, 1.165) is 13.1 Å². The summed E-state index contributed by atoms with van der Waals surface area (Å²) < 4.78 is 47.1. The number of nitrogens with one attached hydrogen (secondary N) is 2. The van der Waals surface area contributed by atoms with Crippen molar-refractivity contribution in [2.24, 2.45) is 0 Å². The van der Waals surface area contributed by atoms with Crippen molar-refractivity contribution >= 4 is 17.4 Å². The van der Waals surface area contributed by atoms with E-state index >= 15 is 0 Å². The van der Waals surface area contributed by atoms with Crippen molar-refractivity contribution in [1.29, 1.82) is 0 Å². The highest BCUT2D eigenvalue weighted by Crippen LogP contribution is 2.32. The number of hydrogen-bond acceptors (Lipinski definition) is 7. The maximum absolute atomic E-state index is 14.5. The molecule has 0 unspecified atom stereocenters. The van der Waals surface area contributed by atoms with Gasteiger partial charge >= 0.3 is 11.7 Å². The molecule has 0 aliphatic carbocycles. The smallest absolute Gasteiger partial charge is 0.343 e. The third kappa shape index (κ3) is 5.06. The summed E-state index contributed by atoms with van der Waals surface area (Å²) in [5.41, 5.74) is 0.231. The van der Waals surface area contributed by atoms with Crippen molar-refractivity contribution in [3.63, 3.8) is 0 Å². The zero-order valence-corrected chi connectivity index (χ0v) is 15.5. The van der Waals surface area contributed by atoms with Gasteiger partial charge in [0.1, 0.15) is 17.0 Å². The van der Waals surface area contributed by atoms with Gasteiger partial charge in [0.2, 0.25) is 11.6 Å². The normalized spacial score (nSPS) is 11.3. The van der Waals surface area contributed by atoms with Gasteiger partial charge in [-0.1, -0.05) is 13.8 Å². The molecule has 1 rings (SSSR count). The van der Waals surface area contributed by atoms with Gasteiger partial charge in [-0.3, -0.25) is 14.9 Å². The lowest BCUT2D eigenvalue weighted by Crippen LogP contribution is -2.30. The van der Waals surface area contributed by atoms with Crippen molar-refractivity contribution in [3.05, 3.63) is 50.5 Å². The van der Waals surface area contributed by atoms with Crippen LogP contribution in [0.25, 0.3) is 0 Å². The minimum atomic E-state index is -1.99. The topological polar surface area (TPSA) is 111 Å². The van der Waals surface area contributed by atoms with E-state index in [-0.39, 0.29) is 6.61 Å². The standard InChI is InChI=1S/C17H20F3N3O5/c1-4-6-21-22-8-10(17(25)28-7-5-2)16(24)11-12(18)9(3)13(19)14(20)15(11)23(26)27/h8,21-22H,4-7H2,1-3H3/b10-8+. The van der Waals surface area contributed by atoms with Gasteiger partial charge in [-0.05, 0) is 19.8 Å². The number of hydrogen-bond donors (Lipinski definition) is 2. The molecule has 0 saturated carbocycles. The molecule has 0 atom stereocenters. The summed E-state index contributed by atoms with van der Waals surface area (Å²) >= 11 is 0. The van der Waals surface area contributed by atoms with E-state index in [9.17, 15) is 32.9 Å². The summed E-state index contributed by atoms with van der Waals surface area (Å²) in [7, 11) is 0. The van der Waals surface area contributed by atoms with E-state index in [1.165, 1.54) is 0 Å². The molecule has 1 aromatic rings. The summed E-state index contributed by atoms with van der Waals surface area (Å²) in [5, 5.41) is 11.1. The molecule has 0 aromatic heterocycles. The zero-order chi connectivity index (χ0) is 21.4. The first-order valence-electron chi connectivity index (χ1n) is 8.40. The van der Waals surface area contributed by atoms with Crippen molar-refractivity contribution in [1.82, 2.24) is 10.9 Å². The summed E-state index contributed by atoms with van der Waals surface area (Å²) in [6, 6.07) is 0. The monoisotopic (exact) mass is 403 g/mol. The van der Waals surface area contributed by atoms with Gasteiger partial charge in [-0.25, -0.2) is 19.0 Å². The fourth-order valence-electron chi connectivity index (χ4n) is 2.09. The summed E-state index contributed by atoms with van der Waals surface area (Å²) in [6.07, 6.45) is 1.93. The van der Waals surface area contributed by atoms with Crippen LogP contribution in [0.5, 0.6) is 0 Å². The Labute approximate surface area is 158 Å². The van der Waals surface area contributed by atoms with E-state index in [1.807, 2.05) is 6.92 Å². The third-order valence-electron chi connectivity index (χ3n) is 3.52. The zero-order valence-electron chi connectivity index (χ0n) is 15.5. The summed E-state index contributed by atoms with van der Waals surface area (Å²) in [4.78, 5) is 34.6. The molecule has 28 heavy (non-hydrogen) atoms. The SMILES string of the molecule is CCCNN/C=C(/C(=O)OCCC)C(=O)c1c(F)c(C)c(F)c(F)c1[N+](=O)[O-]. The number of carbonyl (C=O) groups is 2. The Morgan fingerprint density at radius 2 is 1.79 bits per heavy atom. The number of nitro benzene ring substituents is 1. The maximum atomic E-state index is 14.5. The van der Waals surface area contributed by atoms with Crippen LogP contribution in [0, 0.1) is 34.5 Å². The van der Waals surface area contributed by atoms with Crippen LogP contribution in [0.2, 0.25) is 0 Å². The average molecular weight is 403 g/mol. The van der Waals surface area contributed by atoms with Crippen LogP contribution < -0.4 is 10.9 Å². The number of nitrogens with zero attached hydrogens (tertiary/aromatic N) is 1. The van der Waals surface area contributed by atoms with E-state index in [0.29, 0.717) is 19.4 Å². The minimum absolute atomic E-state index is 0.0762. The van der Waals surface area contributed by atoms with Crippen molar-refractivity contribution in [2.75, 3.05) is 13.2 Å². The maximum Gasteiger partial charge on any atom is 0.343 e. The molecule has 0 bridgehead atoms. The van der Waals surface area contributed by atoms with Gasteiger partial charge in [0.05, 0.1) is 11.5 Å². The molecule has 8 nitrogen and oxygen atoms in total. The number of nitro groups is 1. The molecule has 0 radical (unpaired) electrons. The highest BCUT2D eigenvalue weighted by atomic mass is 19.2. The van der Waals surface area contributed by atoms with Crippen LogP contribution in [0.4, 0.5) is 18.9 Å². The Bertz CT molecular complexity index is 812. The number of carbonyl (C=O) groups excluding carboxylic acids is 2. The van der Waals surface area contributed by atoms with Gasteiger partial charge in [0.15, 0.2) is 5.82 Å². The number of esters is 1. The molecule has 1 aromatic carbocycles. The molecule has 0 aliphatic heterocycles. The predicted molar refractivity (Wildman–Crippen MR) is 92.8 cm³/mol. The van der Waals surface area contributed by atoms with E-state index in [1.54, 1.807) is 6.92 Å². The highest BCUT2D eigenvalue weighted by molar-refractivity contribution is 6.25. The number of benzene rings is 1. The van der Waals surface area contributed by atoms with Gasteiger partial charge in [-0.2, -0.15) is 4.39 Å². The molecule has 154 valence electrons. The average Bonchev–Trinajstić information content (AvgIpc) is 2.66. The lowest BCUT2D eigenvalue weighted by Gasteiger charge is -2.11. The van der Waals surface area contributed by atoms with Crippen LogP contribution in [-0.2, 0) is 9.53 Å². The van der Waals surface area contributed by atoms with Crippen LogP contribution in [0.15, 0.2) is 11.8 Å². The molecule has 11 heteroatoms. The molecule has 2 N–H and O–H groups in total. The van der Waals surface area contributed by atoms with Crippen molar-refractivity contribution in [3.8, 4) is 0 Å². The molecule has 0 fully saturated rings. The van der Waals surface area contributed by atoms with Crippen molar-refractivity contribution in [2.45, 2.75) is 33.6 Å². The van der Waals surface area contributed by atoms with Gasteiger partial charge in [-0.15, -0.1) is 0 Å². The number of ether oxygens (including phenoxy) is 1. The highest BCUT2D eigenvalue weighted by Gasteiger charge is 2.37. The second kappa shape index (κ2) is 10.4. The van der Waals surface area contributed by atoms with Crippen LogP contribution >= 0.6 is 0 Å². The quantitative estimate of drug-likeness (QED) is 0.0711. The number of Topliss-reactive ketones (excluding diaryl/α,β-unsaturated/α-hetero) is 1. The van der Waals surface area contributed by atoms with Crippen LogP contribution in [-0.4, -0.2) is 29.8 Å². The lowest BCUT2D eigenvalue weighted by atomic mass is 9.98. The summed E-state index contributed by atoms with van der Waals surface area (Å²) in [5.74, 6) is -8.13. The first-order valence-corrected chi connectivity index (χ1v) is 8.40. The van der Waals surface area contributed by atoms with Gasteiger partial charge < -0.3 is 10.2 Å². The number of halogens is 3. The number of hydrazine groups is 1. The largest absolute Gasteiger partial charge is 0.462 e. The Hall–Kier alpha value is -2.95. The Kier molecular flexibility index (Phi) is 8.58. The van der Waals surface area contributed by atoms with E-state index in [2.05, 4.69) is 10.9 Å². The van der Waals surface area contributed by atoms with Gasteiger partial charge in [0.25, 0.3) is 0 Å². The van der Waals surface area contributed by atoms with Crippen molar-refractivity contribution < 1.29 is 32.4 Å². The molecule has 0 aliphatic rings. The molecule has 0 heterocycles. The van der Waals surface area contributed by atoms with E-state index < -0.39 is 56.5 Å². The van der Waals surface area contributed by atoms with E-state index in [4.69, 9.17) is 4.74 Å². The minimum Gasteiger partial charge on any atom is -0.462 e. The molecular formula is C17H20F3N3O5. The Morgan fingerprint density at radius 1 is 1.14 bits per heavy atom. The second-order valence-electron chi connectivity index (χ2n) is 5.64. The predicted octanol–water partition coefficient (Wildman–Crippen LogP) is 2.84. The fourth-order valence-corrected chi connectivity index (χ4v) is 2.09. The Balaban J connectivity index is 3.54. The van der Waals surface area contributed by atoms with Crippen LogP contribution in [0.1, 0.15) is 42.6 Å². The molecule has 0 amide bonds. The Morgan fingerprint density at radius 3 is 2.32 bits per heavy atom. The first-order chi connectivity index (χ1) is 13.2. The molecular weight excluding hydrogens is 383 g/mol. The second-order valence-corrected chi connectivity index (χ2v) is 5.64. The van der Waals surface area contributed by atoms with Gasteiger partial charge in [0, 0.05) is 18.3 Å². The molecule has 0 spiro atoms. The third-order valence-corrected chi connectivity index (χ3v) is 3.52. The fraction of sp³-hybridized carbons (Fsp3) is 0.412. The molecule has 0 saturated heterocycles.